The lowest BCUT2D eigenvalue weighted by atomic mass is 10.0. The van der Waals surface area contributed by atoms with Gasteiger partial charge in [-0.05, 0) is 43.2 Å². The molecule has 4 nitrogen and oxygen atoms in total. The van der Waals surface area contributed by atoms with E-state index in [1.807, 2.05) is 17.9 Å². The minimum absolute atomic E-state index is 0.147. The number of hydrogen-bond donors (Lipinski definition) is 1. The first-order valence-electron chi connectivity index (χ1n) is 6.49. The molecule has 5 heteroatoms. The molecule has 0 aliphatic heterocycles. The van der Waals surface area contributed by atoms with Crippen molar-refractivity contribution in [1.29, 1.82) is 0 Å². The zero-order chi connectivity index (χ0) is 13.7. The number of aromatic nitrogens is 2. The van der Waals surface area contributed by atoms with Gasteiger partial charge in [-0.1, -0.05) is 13.3 Å². The van der Waals surface area contributed by atoms with Gasteiger partial charge in [-0.25, -0.2) is 0 Å². The molecule has 0 saturated carbocycles. The van der Waals surface area contributed by atoms with Crippen molar-refractivity contribution < 1.29 is 4.74 Å². The molecule has 2 unspecified atom stereocenters. The first-order chi connectivity index (χ1) is 8.56. The molecule has 0 spiro atoms. The zero-order valence-electron chi connectivity index (χ0n) is 11.9. The molecule has 104 valence electrons. The second-order valence-electron chi connectivity index (χ2n) is 4.75. The summed E-state index contributed by atoms with van der Waals surface area (Å²) in [5.74, 6) is 0. The Labute approximate surface area is 118 Å². The molecular formula is C13H24BrN3O. The van der Waals surface area contributed by atoms with Crippen molar-refractivity contribution in [2.45, 2.75) is 51.8 Å². The molecule has 1 aromatic heterocycles. The summed E-state index contributed by atoms with van der Waals surface area (Å²) in [4.78, 5) is 0. The van der Waals surface area contributed by atoms with E-state index in [1.165, 1.54) is 0 Å². The number of rotatable bonds is 7. The van der Waals surface area contributed by atoms with E-state index in [0.717, 1.165) is 23.0 Å². The van der Waals surface area contributed by atoms with Gasteiger partial charge in [-0.2, -0.15) is 5.10 Å². The van der Waals surface area contributed by atoms with Crippen LogP contribution in [-0.2, 0) is 4.74 Å². The molecule has 2 atom stereocenters. The number of ether oxygens (including phenoxy) is 1. The van der Waals surface area contributed by atoms with E-state index in [9.17, 15) is 0 Å². The molecular weight excluding hydrogens is 294 g/mol. The Kier molecular flexibility index (Phi) is 6.32. The van der Waals surface area contributed by atoms with Crippen molar-refractivity contribution in [3.8, 4) is 0 Å². The fourth-order valence-corrected chi connectivity index (χ4v) is 2.78. The van der Waals surface area contributed by atoms with Gasteiger partial charge in [0.15, 0.2) is 0 Å². The summed E-state index contributed by atoms with van der Waals surface area (Å²) in [6.45, 7) is 6.45. The van der Waals surface area contributed by atoms with Gasteiger partial charge in [0.25, 0.3) is 0 Å². The average Bonchev–Trinajstić information content (AvgIpc) is 2.71. The van der Waals surface area contributed by atoms with Crippen molar-refractivity contribution >= 4 is 15.9 Å². The Morgan fingerprint density at radius 2 is 2.17 bits per heavy atom. The number of nitrogens with zero attached hydrogens (tertiary/aromatic N) is 2. The molecule has 0 radical (unpaired) electrons. The monoisotopic (exact) mass is 317 g/mol. The van der Waals surface area contributed by atoms with Gasteiger partial charge < -0.3 is 10.1 Å². The normalized spacial score (nSPS) is 15.1. The summed E-state index contributed by atoms with van der Waals surface area (Å²) in [6.07, 6.45) is 4.14. The molecule has 0 amide bonds. The Bertz CT molecular complexity index is 365. The van der Waals surface area contributed by atoms with Crippen LogP contribution in [0.3, 0.4) is 0 Å². The Balaban J connectivity index is 3.10. The second kappa shape index (κ2) is 7.26. The molecule has 1 N–H and O–H groups in total. The summed E-state index contributed by atoms with van der Waals surface area (Å²) in [7, 11) is 3.74. The molecule has 1 heterocycles. The largest absolute Gasteiger partial charge is 0.379 e. The highest BCUT2D eigenvalue weighted by atomic mass is 79.9. The highest BCUT2D eigenvalue weighted by molar-refractivity contribution is 9.10. The van der Waals surface area contributed by atoms with E-state index < -0.39 is 0 Å². The lowest BCUT2D eigenvalue weighted by Gasteiger charge is -2.27. The maximum Gasteiger partial charge on any atom is 0.0781 e. The lowest BCUT2D eigenvalue weighted by Crippen LogP contribution is -2.33. The Morgan fingerprint density at radius 1 is 1.50 bits per heavy atom. The van der Waals surface area contributed by atoms with E-state index in [1.54, 1.807) is 7.11 Å². The van der Waals surface area contributed by atoms with Gasteiger partial charge in [0, 0.05) is 13.2 Å². The Hall–Kier alpha value is -0.390. The van der Waals surface area contributed by atoms with Gasteiger partial charge in [0.2, 0.25) is 0 Å². The lowest BCUT2D eigenvalue weighted by molar-refractivity contribution is 0.0597. The third-order valence-corrected chi connectivity index (χ3v) is 3.74. The van der Waals surface area contributed by atoms with Crippen molar-refractivity contribution in [2.75, 3.05) is 14.2 Å². The summed E-state index contributed by atoms with van der Waals surface area (Å²) < 4.78 is 8.72. The standard InChI is InChI=1S/C13H24BrN3O/c1-6-7-11(18-5)12(15-4)13-10(14)8-16-17(13)9(2)3/h8-9,11-12,15H,6-7H2,1-5H3. The number of hydrogen-bond acceptors (Lipinski definition) is 3. The van der Waals surface area contributed by atoms with E-state index in [2.05, 4.69) is 47.1 Å². The van der Waals surface area contributed by atoms with Crippen molar-refractivity contribution in [3.05, 3.63) is 16.4 Å². The van der Waals surface area contributed by atoms with Gasteiger partial charge in [-0.3, -0.25) is 4.68 Å². The first kappa shape index (κ1) is 15.7. The number of nitrogens with one attached hydrogen (secondary N) is 1. The molecule has 1 rings (SSSR count). The van der Waals surface area contributed by atoms with Crippen LogP contribution >= 0.6 is 15.9 Å². The molecule has 0 aliphatic rings. The number of methoxy groups -OCH3 is 1. The van der Waals surface area contributed by atoms with E-state index >= 15 is 0 Å². The van der Waals surface area contributed by atoms with Crippen LogP contribution in [0.25, 0.3) is 0 Å². The minimum Gasteiger partial charge on any atom is -0.379 e. The molecule has 0 saturated heterocycles. The Morgan fingerprint density at radius 3 is 2.61 bits per heavy atom. The minimum atomic E-state index is 0.147. The van der Waals surface area contributed by atoms with Gasteiger partial charge >= 0.3 is 0 Å². The zero-order valence-corrected chi connectivity index (χ0v) is 13.5. The van der Waals surface area contributed by atoms with Crippen LogP contribution in [0.1, 0.15) is 51.4 Å². The maximum atomic E-state index is 5.63. The molecule has 0 fully saturated rings. The SMILES string of the molecule is CCCC(OC)C(NC)c1c(Br)cnn1C(C)C. The van der Waals surface area contributed by atoms with Crippen molar-refractivity contribution in [3.63, 3.8) is 0 Å². The number of halogens is 1. The fourth-order valence-electron chi connectivity index (χ4n) is 2.26. The fraction of sp³-hybridized carbons (Fsp3) is 0.769. The summed E-state index contributed by atoms with van der Waals surface area (Å²) in [5.41, 5.74) is 1.16. The summed E-state index contributed by atoms with van der Waals surface area (Å²) in [5, 5.41) is 7.80. The highest BCUT2D eigenvalue weighted by Crippen LogP contribution is 2.30. The van der Waals surface area contributed by atoms with E-state index in [0.29, 0.717) is 6.04 Å². The van der Waals surface area contributed by atoms with Crippen LogP contribution in [0.5, 0.6) is 0 Å². The topological polar surface area (TPSA) is 39.1 Å². The van der Waals surface area contributed by atoms with Gasteiger partial charge in [0.1, 0.15) is 0 Å². The van der Waals surface area contributed by atoms with Gasteiger partial charge in [0.05, 0.1) is 28.5 Å². The molecule has 0 bridgehead atoms. The van der Waals surface area contributed by atoms with Crippen LogP contribution in [-0.4, -0.2) is 30.0 Å². The van der Waals surface area contributed by atoms with Crippen molar-refractivity contribution in [1.82, 2.24) is 15.1 Å². The smallest absolute Gasteiger partial charge is 0.0781 e. The first-order valence-corrected chi connectivity index (χ1v) is 7.29. The molecule has 1 aromatic rings. The van der Waals surface area contributed by atoms with Gasteiger partial charge in [-0.15, -0.1) is 0 Å². The van der Waals surface area contributed by atoms with Crippen LogP contribution < -0.4 is 5.32 Å². The van der Waals surface area contributed by atoms with E-state index in [4.69, 9.17) is 4.74 Å². The third kappa shape index (κ3) is 3.33. The predicted molar refractivity (Wildman–Crippen MR) is 77.8 cm³/mol. The quantitative estimate of drug-likeness (QED) is 0.838. The molecule has 18 heavy (non-hydrogen) atoms. The molecule has 0 aromatic carbocycles. The van der Waals surface area contributed by atoms with Crippen LogP contribution in [0.15, 0.2) is 10.7 Å². The summed E-state index contributed by atoms with van der Waals surface area (Å²) in [6, 6.07) is 0.482. The second-order valence-corrected chi connectivity index (χ2v) is 5.60. The maximum absolute atomic E-state index is 5.63. The summed E-state index contributed by atoms with van der Waals surface area (Å²) >= 11 is 3.60. The van der Waals surface area contributed by atoms with Crippen molar-refractivity contribution in [2.24, 2.45) is 0 Å². The van der Waals surface area contributed by atoms with Crippen LogP contribution in [0.4, 0.5) is 0 Å². The molecule has 0 aliphatic carbocycles. The third-order valence-electron chi connectivity index (χ3n) is 3.13. The van der Waals surface area contributed by atoms with E-state index in [-0.39, 0.29) is 12.1 Å². The number of likely N-dealkylation sites (N-methyl/N-ethyl adjacent to an activating group) is 1. The van der Waals surface area contributed by atoms with Crippen LogP contribution in [0.2, 0.25) is 0 Å². The predicted octanol–water partition coefficient (Wildman–Crippen LogP) is 3.30. The van der Waals surface area contributed by atoms with Crippen LogP contribution in [0, 0.1) is 0 Å². The average molecular weight is 318 g/mol. The highest BCUT2D eigenvalue weighted by Gasteiger charge is 2.27.